The van der Waals surface area contributed by atoms with Gasteiger partial charge in [0.05, 0.1) is 12.1 Å². The fourth-order valence-corrected chi connectivity index (χ4v) is 3.11. The van der Waals surface area contributed by atoms with E-state index in [9.17, 15) is 4.79 Å². The van der Waals surface area contributed by atoms with Crippen LogP contribution in [0.25, 0.3) is 0 Å². The van der Waals surface area contributed by atoms with Gasteiger partial charge in [-0.3, -0.25) is 4.79 Å². The van der Waals surface area contributed by atoms with Crippen molar-refractivity contribution < 1.29 is 9.69 Å². The van der Waals surface area contributed by atoms with E-state index in [1.54, 1.807) is 6.07 Å². The van der Waals surface area contributed by atoms with E-state index in [1.807, 2.05) is 43.4 Å². The van der Waals surface area contributed by atoms with E-state index < -0.39 is 0 Å². The summed E-state index contributed by atoms with van der Waals surface area (Å²) in [4.78, 5) is 13.4. The van der Waals surface area contributed by atoms with Crippen LogP contribution in [0, 0.1) is 0 Å². The number of nitrogens with one attached hydrogen (secondary N) is 2. The fourth-order valence-electron chi connectivity index (χ4n) is 2.64. The molecule has 2 rings (SSSR count). The number of hydrogen-bond donors (Lipinski definition) is 2. The molecule has 0 radical (unpaired) electrons. The number of likely N-dealkylation sites (N-methyl/N-ethyl adjacent to an activating group) is 1. The molecule has 0 spiro atoms. The Hall–Kier alpha value is -1.55. The number of quaternary nitrogens is 1. The molecule has 1 amide bonds. The van der Waals surface area contributed by atoms with Crippen molar-refractivity contribution in [1.29, 1.82) is 0 Å². The van der Waals surface area contributed by atoms with Crippen molar-refractivity contribution in [2.24, 2.45) is 0 Å². The Labute approximate surface area is 153 Å². The summed E-state index contributed by atoms with van der Waals surface area (Å²) < 4.78 is 0. The number of carbonyl (C=O) groups is 1. The predicted molar refractivity (Wildman–Crippen MR) is 101 cm³/mol. The lowest BCUT2D eigenvalue weighted by Gasteiger charge is -2.17. The first-order valence-corrected chi connectivity index (χ1v) is 8.76. The molecule has 2 N–H and O–H groups in total. The number of hydrogen-bond acceptors (Lipinski definition) is 1. The number of anilines is 1. The lowest BCUT2D eigenvalue weighted by Crippen LogP contribution is -3.08. The van der Waals surface area contributed by atoms with Gasteiger partial charge in [0, 0.05) is 16.3 Å². The summed E-state index contributed by atoms with van der Waals surface area (Å²) in [5, 5.41) is 4.27. The van der Waals surface area contributed by atoms with E-state index in [4.69, 9.17) is 23.2 Å². The van der Waals surface area contributed by atoms with E-state index in [2.05, 4.69) is 19.2 Å². The Morgan fingerprint density at radius 3 is 2.54 bits per heavy atom. The molecule has 2 aromatic rings. The zero-order valence-corrected chi connectivity index (χ0v) is 15.7. The van der Waals surface area contributed by atoms with Crippen LogP contribution in [-0.4, -0.2) is 19.5 Å². The topological polar surface area (TPSA) is 33.5 Å². The quantitative estimate of drug-likeness (QED) is 0.802. The van der Waals surface area contributed by atoms with Crippen molar-refractivity contribution in [3.8, 4) is 0 Å². The van der Waals surface area contributed by atoms with Gasteiger partial charge in [0.25, 0.3) is 5.91 Å². The van der Waals surface area contributed by atoms with Crippen LogP contribution < -0.4 is 10.2 Å². The molecule has 1 atom stereocenters. The summed E-state index contributed by atoms with van der Waals surface area (Å²) in [6.45, 7) is 5.26. The van der Waals surface area contributed by atoms with Gasteiger partial charge in [-0.05, 0) is 29.7 Å². The van der Waals surface area contributed by atoms with Crippen molar-refractivity contribution in [1.82, 2.24) is 0 Å². The summed E-state index contributed by atoms with van der Waals surface area (Å²) in [6, 6.07) is 13.4. The monoisotopic (exact) mass is 365 g/mol. The molecule has 3 nitrogen and oxygen atoms in total. The van der Waals surface area contributed by atoms with Crippen molar-refractivity contribution in [2.75, 3.05) is 18.9 Å². The Kier molecular flexibility index (Phi) is 6.67. The molecule has 0 fully saturated rings. The molecule has 128 valence electrons. The van der Waals surface area contributed by atoms with E-state index in [0.717, 1.165) is 21.7 Å². The summed E-state index contributed by atoms with van der Waals surface area (Å²) in [6.07, 6.45) is 0. The van der Waals surface area contributed by atoms with Crippen LogP contribution in [0.4, 0.5) is 5.69 Å². The number of para-hydroxylation sites is 1. The van der Waals surface area contributed by atoms with Gasteiger partial charge in [0.1, 0.15) is 6.54 Å². The van der Waals surface area contributed by atoms with Crippen LogP contribution in [0.3, 0.4) is 0 Å². The van der Waals surface area contributed by atoms with E-state index in [-0.39, 0.29) is 5.91 Å². The highest BCUT2D eigenvalue weighted by molar-refractivity contribution is 6.35. The van der Waals surface area contributed by atoms with E-state index in [1.165, 1.54) is 0 Å². The molecule has 0 aliphatic heterocycles. The fraction of sp³-hybridized carbons (Fsp3) is 0.316. The van der Waals surface area contributed by atoms with Crippen LogP contribution in [-0.2, 0) is 11.3 Å². The van der Waals surface area contributed by atoms with Crippen molar-refractivity contribution in [3.05, 3.63) is 63.6 Å². The minimum atomic E-state index is -0.00862. The van der Waals surface area contributed by atoms with Crippen molar-refractivity contribution >= 4 is 34.8 Å². The molecule has 0 heterocycles. The molecule has 24 heavy (non-hydrogen) atoms. The Morgan fingerprint density at radius 2 is 1.88 bits per heavy atom. The molecule has 5 heteroatoms. The summed E-state index contributed by atoms with van der Waals surface area (Å²) in [5.74, 6) is 0.352. The van der Waals surface area contributed by atoms with Crippen LogP contribution in [0.5, 0.6) is 0 Å². The maximum atomic E-state index is 12.3. The van der Waals surface area contributed by atoms with Crippen LogP contribution >= 0.6 is 23.2 Å². The van der Waals surface area contributed by atoms with Crippen LogP contribution in [0.2, 0.25) is 10.0 Å². The average molecular weight is 366 g/mol. The van der Waals surface area contributed by atoms with Crippen molar-refractivity contribution in [3.63, 3.8) is 0 Å². The molecular weight excluding hydrogens is 343 g/mol. The van der Waals surface area contributed by atoms with Crippen LogP contribution in [0.15, 0.2) is 42.5 Å². The second kappa shape index (κ2) is 8.52. The lowest BCUT2D eigenvalue weighted by molar-refractivity contribution is -0.885. The van der Waals surface area contributed by atoms with Gasteiger partial charge >= 0.3 is 0 Å². The molecular formula is C19H23Cl2N2O+. The van der Waals surface area contributed by atoms with Crippen molar-refractivity contribution in [2.45, 2.75) is 26.3 Å². The highest BCUT2D eigenvalue weighted by Crippen LogP contribution is 2.23. The van der Waals surface area contributed by atoms with Gasteiger partial charge in [-0.15, -0.1) is 0 Å². The third-order valence-corrected chi connectivity index (χ3v) is 4.41. The van der Waals surface area contributed by atoms with Gasteiger partial charge < -0.3 is 10.2 Å². The molecule has 0 saturated carbocycles. The molecule has 0 aliphatic carbocycles. The average Bonchev–Trinajstić information content (AvgIpc) is 2.50. The number of amides is 1. The number of rotatable bonds is 6. The molecule has 0 aromatic heterocycles. The van der Waals surface area contributed by atoms with Gasteiger partial charge in [-0.2, -0.15) is 0 Å². The largest absolute Gasteiger partial charge is 0.326 e. The van der Waals surface area contributed by atoms with Gasteiger partial charge in [-0.25, -0.2) is 0 Å². The Bertz CT molecular complexity index is 716. The first-order valence-electron chi connectivity index (χ1n) is 8.01. The lowest BCUT2D eigenvalue weighted by atomic mass is 10.0. The zero-order chi connectivity index (χ0) is 17.7. The minimum Gasteiger partial charge on any atom is -0.326 e. The van der Waals surface area contributed by atoms with Crippen LogP contribution in [0.1, 0.15) is 30.9 Å². The molecule has 0 bridgehead atoms. The number of benzene rings is 2. The zero-order valence-electron chi connectivity index (χ0n) is 14.2. The summed E-state index contributed by atoms with van der Waals surface area (Å²) >= 11 is 12.1. The Balaban J connectivity index is 1.97. The summed E-state index contributed by atoms with van der Waals surface area (Å²) in [5.41, 5.74) is 3.01. The van der Waals surface area contributed by atoms with E-state index in [0.29, 0.717) is 29.1 Å². The third-order valence-electron chi connectivity index (χ3n) is 3.83. The van der Waals surface area contributed by atoms with Gasteiger partial charge in [-0.1, -0.05) is 61.3 Å². The second-order valence-electron chi connectivity index (χ2n) is 6.34. The Morgan fingerprint density at radius 1 is 1.17 bits per heavy atom. The van der Waals surface area contributed by atoms with Gasteiger partial charge in [0.15, 0.2) is 6.54 Å². The van der Waals surface area contributed by atoms with E-state index >= 15 is 0 Å². The highest BCUT2D eigenvalue weighted by atomic mass is 35.5. The molecule has 1 unspecified atom stereocenters. The third kappa shape index (κ3) is 5.23. The molecule has 0 saturated heterocycles. The highest BCUT2D eigenvalue weighted by Gasteiger charge is 2.14. The number of halogens is 2. The maximum Gasteiger partial charge on any atom is 0.279 e. The first kappa shape index (κ1) is 18.8. The van der Waals surface area contributed by atoms with Gasteiger partial charge in [0.2, 0.25) is 0 Å². The smallest absolute Gasteiger partial charge is 0.279 e. The standard InChI is InChI=1S/C19H22Cl2N2O/c1-13(2)16-6-4-5-7-18(16)22-19(24)12-23(3)11-14-8-9-15(20)10-17(14)21/h4-10,13H,11-12H2,1-3H3,(H,22,24)/p+1. The summed E-state index contributed by atoms with van der Waals surface area (Å²) in [7, 11) is 1.97. The SMILES string of the molecule is CC(C)c1ccccc1NC(=O)C[NH+](C)Cc1ccc(Cl)cc1Cl. The molecule has 0 aliphatic rings. The first-order chi connectivity index (χ1) is 11.4. The number of carbonyl (C=O) groups excluding carboxylic acids is 1. The predicted octanol–water partition coefficient (Wildman–Crippen LogP) is 3.77. The second-order valence-corrected chi connectivity index (χ2v) is 7.18. The minimum absolute atomic E-state index is 0.00862. The normalized spacial score (nSPS) is 12.2. The maximum absolute atomic E-state index is 12.3. The molecule has 2 aromatic carbocycles.